The zero-order valence-corrected chi connectivity index (χ0v) is 13.5. The van der Waals surface area contributed by atoms with Crippen LogP contribution in [0.1, 0.15) is 15.9 Å². The highest BCUT2D eigenvalue weighted by Gasteiger charge is 2.17. The van der Waals surface area contributed by atoms with Crippen LogP contribution in [0.5, 0.6) is 0 Å². The predicted octanol–water partition coefficient (Wildman–Crippen LogP) is 4.17. The normalized spacial score (nSPS) is 12.0. The Hall–Kier alpha value is -1.39. The van der Waals surface area contributed by atoms with Crippen LogP contribution in [0.2, 0.25) is 0 Å². The van der Waals surface area contributed by atoms with Gasteiger partial charge in [0.15, 0.2) is 0 Å². The average molecular weight is 371 g/mol. The molecule has 0 aromatic heterocycles. The third-order valence-electron chi connectivity index (χ3n) is 3.02. The fraction of sp³-hybridized carbons (Fsp3) is 0.188. The Labute approximate surface area is 136 Å². The fourth-order valence-corrected chi connectivity index (χ4v) is 2.52. The number of hydrogen-bond acceptors (Lipinski definition) is 1. The molecule has 2 aromatic rings. The second-order valence-electron chi connectivity index (χ2n) is 4.64. The van der Waals surface area contributed by atoms with Crippen molar-refractivity contribution in [1.29, 1.82) is 0 Å². The molecule has 2 rings (SSSR count). The number of rotatable bonds is 5. The maximum Gasteiger partial charge on any atom is 0.254 e. The lowest BCUT2D eigenvalue weighted by Crippen LogP contribution is -2.38. The first-order valence-corrected chi connectivity index (χ1v) is 7.78. The third-order valence-corrected chi connectivity index (χ3v) is 3.89. The molecule has 0 aliphatic carbocycles. The van der Waals surface area contributed by atoms with Gasteiger partial charge in [-0.3, -0.25) is 4.79 Å². The van der Waals surface area contributed by atoms with E-state index in [0.29, 0.717) is 10.9 Å². The van der Waals surface area contributed by atoms with Crippen molar-refractivity contribution in [3.63, 3.8) is 0 Å². The van der Waals surface area contributed by atoms with Crippen LogP contribution in [0.25, 0.3) is 0 Å². The van der Waals surface area contributed by atoms with Crippen molar-refractivity contribution < 1.29 is 9.18 Å². The van der Waals surface area contributed by atoms with Gasteiger partial charge >= 0.3 is 0 Å². The minimum absolute atomic E-state index is 0.00699. The van der Waals surface area contributed by atoms with Crippen molar-refractivity contribution in [3.05, 3.63) is 69.9 Å². The maximum atomic E-state index is 13.7. The van der Waals surface area contributed by atoms with E-state index >= 15 is 0 Å². The third kappa shape index (κ3) is 4.55. The van der Waals surface area contributed by atoms with Gasteiger partial charge in [-0.1, -0.05) is 46.3 Å². The molecule has 0 saturated carbocycles. The van der Waals surface area contributed by atoms with Crippen molar-refractivity contribution in [2.24, 2.45) is 0 Å². The van der Waals surface area contributed by atoms with Crippen LogP contribution < -0.4 is 5.32 Å². The number of carbonyl (C=O) groups excluding carboxylic acids is 1. The van der Waals surface area contributed by atoms with E-state index in [4.69, 9.17) is 11.6 Å². The molecule has 0 bridgehead atoms. The molecule has 2 nitrogen and oxygen atoms in total. The first-order chi connectivity index (χ1) is 10.1. The number of amides is 1. The molecular formula is C16H14BrClFNO. The summed E-state index contributed by atoms with van der Waals surface area (Å²) in [7, 11) is 0. The highest BCUT2D eigenvalue weighted by atomic mass is 79.9. The zero-order chi connectivity index (χ0) is 15.2. The standard InChI is InChI=1S/C16H14BrClFNO/c17-12-6-7-15(19)14(9-12)16(21)20-13(10-18)8-11-4-2-1-3-5-11/h1-7,9,13H,8,10H2,(H,20,21). The highest BCUT2D eigenvalue weighted by molar-refractivity contribution is 9.10. The van der Waals surface area contributed by atoms with Crippen molar-refractivity contribution in [1.82, 2.24) is 5.32 Å². The summed E-state index contributed by atoms with van der Waals surface area (Å²) in [5.41, 5.74) is 1.07. The summed E-state index contributed by atoms with van der Waals surface area (Å²) < 4.78 is 14.3. The van der Waals surface area contributed by atoms with E-state index in [1.54, 1.807) is 6.07 Å². The van der Waals surface area contributed by atoms with Crippen LogP contribution in [0.4, 0.5) is 4.39 Å². The smallest absolute Gasteiger partial charge is 0.254 e. The van der Waals surface area contributed by atoms with E-state index in [0.717, 1.165) is 5.56 Å². The molecule has 1 unspecified atom stereocenters. The first kappa shape index (κ1) is 16.0. The number of halogens is 3. The second kappa shape index (κ2) is 7.57. The average Bonchev–Trinajstić information content (AvgIpc) is 2.50. The Morgan fingerprint density at radius 1 is 1.24 bits per heavy atom. The topological polar surface area (TPSA) is 29.1 Å². The molecule has 0 spiro atoms. The molecule has 0 radical (unpaired) electrons. The Morgan fingerprint density at radius 2 is 1.95 bits per heavy atom. The van der Waals surface area contributed by atoms with E-state index in [-0.39, 0.29) is 17.5 Å². The minimum atomic E-state index is -0.552. The highest BCUT2D eigenvalue weighted by Crippen LogP contribution is 2.16. The van der Waals surface area contributed by atoms with Gasteiger partial charge in [0, 0.05) is 16.4 Å². The SMILES string of the molecule is O=C(NC(CCl)Cc1ccccc1)c1cc(Br)ccc1F. The van der Waals surface area contributed by atoms with Gasteiger partial charge in [0.1, 0.15) is 5.82 Å². The molecule has 0 fully saturated rings. The molecular weight excluding hydrogens is 357 g/mol. The van der Waals surface area contributed by atoms with Gasteiger partial charge in [-0.25, -0.2) is 4.39 Å². The van der Waals surface area contributed by atoms with Gasteiger partial charge in [-0.05, 0) is 30.2 Å². The van der Waals surface area contributed by atoms with Gasteiger partial charge < -0.3 is 5.32 Å². The van der Waals surface area contributed by atoms with Crippen LogP contribution in [0, 0.1) is 5.82 Å². The van der Waals surface area contributed by atoms with Crippen LogP contribution in [0.3, 0.4) is 0 Å². The van der Waals surface area contributed by atoms with Crippen molar-refractivity contribution in [2.45, 2.75) is 12.5 Å². The Balaban J connectivity index is 2.07. The van der Waals surface area contributed by atoms with Crippen LogP contribution in [-0.2, 0) is 6.42 Å². The molecule has 0 saturated heterocycles. The Morgan fingerprint density at radius 3 is 2.62 bits per heavy atom. The lowest BCUT2D eigenvalue weighted by atomic mass is 10.1. The van der Waals surface area contributed by atoms with Crippen molar-refractivity contribution in [3.8, 4) is 0 Å². The van der Waals surface area contributed by atoms with E-state index in [2.05, 4.69) is 21.2 Å². The summed E-state index contributed by atoms with van der Waals surface area (Å²) in [6.45, 7) is 0. The van der Waals surface area contributed by atoms with Gasteiger partial charge in [-0.2, -0.15) is 0 Å². The maximum absolute atomic E-state index is 13.7. The molecule has 0 heterocycles. The second-order valence-corrected chi connectivity index (χ2v) is 5.86. The molecule has 2 aromatic carbocycles. The Kier molecular flexibility index (Phi) is 5.76. The number of hydrogen-bond donors (Lipinski definition) is 1. The molecule has 1 atom stereocenters. The number of carbonyl (C=O) groups is 1. The molecule has 110 valence electrons. The zero-order valence-electron chi connectivity index (χ0n) is 11.2. The summed E-state index contributed by atoms with van der Waals surface area (Å²) in [4.78, 5) is 12.1. The summed E-state index contributed by atoms with van der Waals surface area (Å²) in [6, 6.07) is 13.7. The van der Waals surface area contributed by atoms with Gasteiger partial charge in [-0.15, -0.1) is 11.6 Å². The summed E-state index contributed by atoms with van der Waals surface area (Å²) >= 11 is 9.13. The molecule has 5 heteroatoms. The monoisotopic (exact) mass is 369 g/mol. The van der Waals surface area contributed by atoms with E-state index in [1.807, 2.05) is 30.3 Å². The number of nitrogens with one attached hydrogen (secondary N) is 1. The van der Waals surface area contributed by atoms with E-state index in [9.17, 15) is 9.18 Å². The fourth-order valence-electron chi connectivity index (χ4n) is 1.98. The molecule has 1 N–H and O–H groups in total. The first-order valence-electron chi connectivity index (χ1n) is 6.46. The summed E-state index contributed by atoms with van der Waals surface area (Å²) in [5, 5.41) is 2.77. The Bertz CT molecular complexity index is 621. The van der Waals surface area contributed by atoms with E-state index in [1.165, 1.54) is 12.1 Å². The van der Waals surface area contributed by atoms with Gasteiger partial charge in [0.05, 0.1) is 5.56 Å². The molecule has 0 aliphatic rings. The van der Waals surface area contributed by atoms with Crippen molar-refractivity contribution in [2.75, 3.05) is 5.88 Å². The lowest BCUT2D eigenvalue weighted by molar-refractivity contribution is 0.0936. The summed E-state index contributed by atoms with van der Waals surface area (Å²) in [5.74, 6) is -0.755. The molecule has 21 heavy (non-hydrogen) atoms. The van der Waals surface area contributed by atoms with Gasteiger partial charge in [0.25, 0.3) is 5.91 Å². The predicted molar refractivity (Wildman–Crippen MR) is 86.2 cm³/mol. The summed E-state index contributed by atoms with van der Waals surface area (Å²) in [6.07, 6.45) is 0.603. The van der Waals surface area contributed by atoms with E-state index < -0.39 is 11.7 Å². The van der Waals surface area contributed by atoms with Crippen LogP contribution in [0.15, 0.2) is 53.0 Å². The quantitative estimate of drug-likeness (QED) is 0.787. The molecule has 1 amide bonds. The van der Waals surface area contributed by atoms with Crippen molar-refractivity contribution >= 4 is 33.4 Å². The molecule has 0 aliphatic heterocycles. The van der Waals surface area contributed by atoms with Crippen LogP contribution in [-0.4, -0.2) is 17.8 Å². The largest absolute Gasteiger partial charge is 0.348 e. The van der Waals surface area contributed by atoms with Gasteiger partial charge in [0.2, 0.25) is 0 Å². The number of benzene rings is 2. The number of alkyl halides is 1. The lowest BCUT2D eigenvalue weighted by Gasteiger charge is -2.16. The van der Waals surface area contributed by atoms with Crippen LogP contribution >= 0.6 is 27.5 Å². The minimum Gasteiger partial charge on any atom is -0.348 e.